The van der Waals surface area contributed by atoms with Crippen molar-refractivity contribution < 1.29 is 9.53 Å². The average molecular weight is 494 g/mol. The average Bonchev–Trinajstić information content (AvgIpc) is 3.51. The maximum Gasteiger partial charge on any atom is 0.206 e. The summed E-state index contributed by atoms with van der Waals surface area (Å²) in [4.78, 5) is 19.2. The zero-order chi connectivity index (χ0) is 23.2. The summed E-state index contributed by atoms with van der Waals surface area (Å²) in [6, 6.07) is 18.0. The lowest BCUT2D eigenvalue weighted by Crippen LogP contribution is -2.37. The van der Waals surface area contributed by atoms with Gasteiger partial charge in [0.25, 0.3) is 0 Å². The molecule has 0 spiro atoms. The minimum atomic E-state index is 0.0801. The molecular weight excluding hydrogens is 466 g/mol. The SMILES string of the molecule is O=C(CSc1nnc(NCCCN2CCOCC2)s1)c1c(-c2ccccc2)[nH]c2ccccc12. The van der Waals surface area contributed by atoms with E-state index in [1.807, 2.05) is 54.6 Å². The molecule has 3 heterocycles. The number of carbonyl (C=O) groups excluding carboxylic acids is 1. The van der Waals surface area contributed by atoms with Crippen LogP contribution in [0.15, 0.2) is 58.9 Å². The molecule has 0 saturated carbocycles. The monoisotopic (exact) mass is 493 g/mol. The number of ether oxygens (including phenoxy) is 1. The van der Waals surface area contributed by atoms with Gasteiger partial charge in [-0.15, -0.1) is 10.2 Å². The molecule has 5 rings (SSSR count). The van der Waals surface area contributed by atoms with E-state index in [0.717, 1.165) is 83.0 Å². The van der Waals surface area contributed by atoms with Crippen LogP contribution in [0.4, 0.5) is 5.13 Å². The number of morpholine rings is 1. The summed E-state index contributed by atoms with van der Waals surface area (Å²) in [6.45, 7) is 5.58. The number of benzene rings is 2. The van der Waals surface area contributed by atoms with Gasteiger partial charge in [-0.2, -0.15) is 0 Å². The maximum atomic E-state index is 13.3. The Hall–Kier alpha value is -2.72. The molecule has 9 heteroatoms. The molecule has 4 aromatic rings. The number of Topliss-reactive ketones (excluding diaryl/α,β-unsaturated/α-hetero) is 1. The number of ketones is 1. The standard InChI is InChI=1S/C25H27N5O2S2/c31-21(22-19-9-4-5-10-20(19)27-23(22)18-7-2-1-3-8-18)17-33-25-29-28-24(34-25)26-11-6-12-30-13-15-32-16-14-30/h1-5,7-10,27H,6,11-17H2,(H,26,28). The van der Waals surface area contributed by atoms with Crippen molar-refractivity contribution in [2.45, 2.75) is 10.8 Å². The smallest absolute Gasteiger partial charge is 0.206 e. The van der Waals surface area contributed by atoms with Crippen molar-refractivity contribution in [2.24, 2.45) is 0 Å². The number of fused-ring (bicyclic) bond motifs is 1. The molecule has 1 saturated heterocycles. The highest BCUT2D eigenvalue weighted by molar-refractivity contribution is 8.01. The lowest BCUT2D eigenvalue weighted by atomic mass is 10.0. The Morgan fingerprint density at radius 2 is 1.88 bits per heavy atom. The van der Waals surface area contributed by atoms with Crippen LogP contribution in [0.5, 0.6) is 0 Å². The molecule has 2 aromatic carbocycles. The zero-order valence-electron chi connectivity index (χ0n) is 18.8. The van der Waals surface area contributed by atoms with Gasteiger partial charge in [0.2, 0.25) is 5.13 Å². The van der Waals surface area contributed by atoms with E-state index in [4.69, 9.17) is 4.74 Å². The van der Waals surface area contributed by atoms with Crippen molar-refractivity contribution in [2.75, 3.05) is 50.5 Å². The maximum absolute atomic E-state index is 13.3. The molecule has 1 aliphatic rings. The quantitative estimate of drug-likeness (QED) is 0.187. The van der Waals surface area contributed by atoms with Gasteiger partial charge in [-0.05, 0) is 24.6 Å². The van der Waals surface area contributed by atoms with Gasteiger partial charge in [-0.25, -0.2) is 0 Å². The van der Waals surface area contributed by atoms with E-state index >= 15 is 0 Å². The number of aromatic amines is 1. The van der Waals surface area contributed by atoms with E-state index in [-0.39, 0.29) is 5.78 Å². The summed E-state index contributed by atoms with van der Waals surface area (Å²) in [5, 5.41) is 13.6. The first-order valence-electron chi connectivity index (χ1n) is 11.5. The summed E-state index contributed by atoms with van der Waals surface area (Å²) in [6.07, 6.45) is 1.05. The molecule has 7 nitrogen and oxygen atoms in total. The van der Waals surface area contributed by atoms with E-state index in [1.165, 1.54) is 23.1 Å². The second kappa shape index (κ2) is 11.1. The zero-order valence-corrected chi connectivity index (χ0v) is 20.5. The van der Waals surface area contributed by atoms with Crippen LogP contribution in [0.3, 0.4) is 0 Å². The fraction of sp³-hybridized carbons (Fsp3) is 0.320. The fourth-order valence-electron chi connectivity index (χ4n) is 4.11. The first kappa shape index (κ1) is 23.0. The summed E-state index contributed by atoms with van der Waals surface area (Å²) in [5.41, 5.74) is 3.58. The second-order valence-electron chi connectivity index (χ2n) is 8.11. The molecular formula is C25H27N5O2S2. The first-order chi connectivity index (χ1) is 16.8. The summed E-state index contributed by atoms with van der Waals surface area (Å²) >= 11 is 2.94. The molecule has 1 aliphatic heterocycles. The minimum absolute atomic E-state index is 0.0801. The fourth-order valence-corrected chi connectivity index (χ4v) is 5.76. The molecule has 0 bridgehead atoms. The molecule has 0 aliphatic carbocycles. The normalized spacial score (nSPS) is 14.5. The lowest BCUT2D eigenvalue weighted by molar-refractivity contribution is 0.0378. The van der Waals surface area contributed by atoms with Crippen LogP contribution in [-0.2, 0) is 4.74 Å². The number of para-hydroxylation sites is 1. The molecule has 1 fully saturated rings. The molecule has 176 valence electrons. The second-order valence-corrected chi connectivity index (χ2v) is 10.3. The highest BCUT2D eigenvalue weighted by Crippen LogP contribution is 2.33. The number of nitrogens with zero attached hydrogens (tertiary/aromatic N) is 3. The Bertz CT molecular complexity index is 1230. The summed E-state index contributed by atoms with van der Waals surface area (Å²) in [5.74, 6) is 0.393. The largest absolute Gasteiger partial charge is 0.379 e. The van der Waals surface area contributed by atoms with Crippen LogP contribution in [0, 0.1) is 0 Å². The number of thioether (sulfide) groups is 1. The van der Waals surface area contributed by atoms with E-state index < -0.39 is 0 Å². The predicted octanol–water partition coefficient (Wildman–Crippen LogP) is 4.80. The van der Waals surface area contributed by atoms with Gasteiger partial charge >= 0.3 is 0 Å². The number of nitrogens with one attached hydrogen (secondary N) is 2. The third-order valence-corrected chi connectivity index (χ3v) is 7.83. The summed E-state index contributed by atoms with van der Waals surface area (Å²) in [7, 11) is 0. The van der Waals surface area contributed by atoms with E-state index in [1.54, 1.807) is 0 Å². The van der Waals surface area contributed by atoms with Gasteiger partial charge in [0.1, 0.15) is 0 Å². The Morgan fingerprint density at radius 3 is 2.74 bits per heavy atom. The molecule has 0 atom stereocenters. The van der Waals surface area contributed by atoms with Crippen molar-refractivity contribution in [3.63, 3.8) is 0 Å². The number of rotatable bonds is 10. The van der Waals surface area contributed by atoms with Crippen molar-refractivity contribution in [3.05, 3.63) is 60.2 Å². The third-order valence-electron chi connectivity index (χ3n) is 5.81. The van der Waals surface area contributed by atoms with Crippen LogP contribution in [0.1, 0.15) is 16.8 Å². The highest BCUT2D eigenvalue weighted by atomic mass is 32.2. The highest BCUT2D eigenvalue weighted by Gasteiger charge is 2.20. The van der Waals surface area contributed by atoms with Gasteiger partial charge in [-0.1, -0.05) is 71.6 Å². The molecule has 0 unspecified atom stereocenters. The molecule has 0 radical (unpaired) electrons. The van der Waals surface area contributed by atoms with E-state index in [2.05, 4.69) is 25.4 Å². The van der Waals surface area contributed by atoms with Crippen molar-refractivity contribution >= 4 is 44.9 Å². The Labute approximate surface area is 206 Å². The number of hydrogen-bond acceptors (Lipinski definition) is 8. The van der Waals surface area contributed by atoms with Crippen LogP contribution in [0.2, 0.25) is 0 Å². The summed E-state index contributed by atoms with van der Waals surface area (Å²) < 4.78 is 6.19. The van der Waals surface area contributed by atoms with Gasteiger partial charge in [0, 0.05) is 30.5 Å². The number of carbonyl (C=O) groups is 1. The predicted molar refractivity (Wildman–Crippen MR) is 139 cm³/mol. The van der Waals surface area contributed by atoms with Crippen molar-refractivity contribution in [1.29, 1.82) is 0 Å². The number of aromatic nitrogens is 3. The van der Waals surface area contributed by atoms with Crippen LogP contribution in [0.25, 0.3) is 22.2 Å². The molecule has 2 aromatic heterocycles. The minimum Gasteiger partial charge on any atom is -0.379 e. The number of hydrogen-bond donors (Lipinski definition) is 2. The van der Waals surface area contributed by atoms with Crippen LogP contribution in [-0.4, -0.2) is 71.0 Å². The van der Waals surface area contributed by atoms with Gasteiger partial charge in [-0.3, -0.25) is 9.69 Å². The number of H-pyrrole nitrogens is 1. The number of anilines is 1. The molecule has 34 heavy (non-hydrogen) atoms. The Kier molecular flexibility index (Phi) is 7.55. The van der Waals surface area contributed by atoms with E-state index in [9.17, 15) is 4.79 Å². The van der Waals surface area contributed by atoms with Crippen LogP contribution < -0.4 is 5.32 Å². The molecule has 0 amide bonds. The van der Waals surface area contributed by atoms with Gasteiger partial charge in [0.15, 0.2) is 10.1 Å². The van der Waals surface area contributed by atoms with Gasteiger partial charge in [0.05, 0.1) is 30.2 Å². The topological polar surface area (TPSA) is 83.1 Å². The molecule has 2 N–H and O–H groups in total. The Balaban J connectivity index is 1.19. The van der Waals surface area contributed by atoms with Crippen LogP contribution >= 0.6 is 23.1 Å². The third kappa shape index (κ3) is 5.50. The van der Waals surface area contributed by atoms with Crippen molar-refractivity contribution in [3.8, 4) is 11.3 Å². The first-order valence-corrected chi connectivity index (χ1v) is 13.3. The van der Waals surface area contributed by atoms with Gasteiger partial charge < -0.3 is 15.0 Å². The van der Waals surface area contributed by atoms with E-state index in [0.29, 0.717) is 5.75 Å². The lowest BCUT2D eigenvalue weighted by Gasteiger charge is -2.26. The Morgan fingerprint density at radius 1 is 1.09 bits per heavy atom. The van der Waals surface area contributed by atoms with Crippen molar-refractivity contribution in [1.82, 2.24) is 20.1 Å².